The van der Waals surface area contributed by atoms with Gasteiger partial charge in [0.1, 0.15) is 5.75 Å². The number of hydrogen-bond donors (Lipinski definition) is 1. The number of carbonyl (C=O) groups excluding carboxylic acids is 2. The zero-order valence-corrected chi connectivity index (χ0v) is 16.7. The van der Waals surface area contributed by atoms with Gasteiger partial charge in [-0.05, 0) is 49.6 Å². The lowest BCUT2D eigenvalue weighted by Gasteiger charge is -2.08. The lowest BCUT2D eigenvalue weighted by Crippen LogP contribution is -2.30. The number of nitrogens with one attached hydrogen (secondary N) is 1. The van der Waals surface area contributed by atoms with Crippen LogP contribution < -0.4 is 10.1 Å². The van der Waals surface area contributed by atoms with E-state index in [0.717, 1.165) is 21.8 Å². The number of benzene rings is 2. The van der Waals surface area contributed by atoms with Crippen molar-refractivity contribution in [3.63, 3.8) is 0 Å². The van der Waals surface area contributed by atoms with Gasteiger partial charge in [-0.25, -0.2) is 0 Å². The van der Waals surface area contributed by atoms with E-state index in [1.54, 1.807) is 7.11 Å². The summed E-state index contributed by atoms with van der Waals surface area (Å²) in [5.41, 5.74) is 3.41. The Morgan fingerprint density at radius 2 is 1.81 bits per heavy atom. The molecule has 2 aromatic rings. The van der Waals surface area contributed by atoms with Gasteiger partial charge in [-0.2, -0.15) is 0 Å². The molecule has 0 saturated carbocycles. The first-order valence-electron chi connectivity index (χ1n) is 8.73. The molecule has 2 rings (SSSR count). The Morgan fingerprint density at radius 3 is 2.48 bits per heavy atom. The quantitative estimate of drug-likeness (QED) is 0.528. The van der Waals surface area contributed by atoms with Crippen LogP contribution in [-0.4, -0.2) is 37.9 Å². The van der Waals surface area contributed by atoms with Gasteiger partial charge in [-0.3, -0.25) is 9.59 Å². The zero-order valence-electron chi connectivity index (χ0n) is 15.9. The average molecular weight is 388 g/mol. The summed E-state index contributed by atoms with van der Waals surface area (Å²) in [6, 6.07) is 13.7. The molecule has 1 amide bonds. The van der Waals surface area contributed by atoms with E-state index < -0.39 is 5.97 Å². The largest absolute Gasteiger partial charge is 0.497 e. The SMILES string of the molecule is COc1ccc(CCNC(=O)COC(=O)CSc2ccc(C)cc2C)cc1. The van der Waals surface area contributed by atoms with Gasteiger partial charge in [-0.15, -0.1) is 11.8 Å². The highest BCUT2D eigenvalue weighted by Gasteiger charge is 2.09. The summed E-state index contributed by atoms with van der Waals surface area (Å²) in [5, 5.41) is 2.75. The fourth-order valence-corrected chi connectivity index (χ4v) is 3.28. The van der Waals surface area contributed by atoms with Crippen LogP contribution in [0.1, 0.15) is 16.7 Å². The van der Waals surface area contributed by atoms with Crippen LogP contribution in [0.25, 0.3) is 0 Å². The van der Waals surface area contributed by atoms with Crippen molar-refractivity contribution in [3.8, 4) is 5.75 Å². The Kier molecular flexibility index (Phi) is 8.20. The minimum absolute atomic E-state index is 0.184. The highest BCUT2D eigenvalue weighted by Crippen LogP contribution is 2.23. The van der Waals surface area contributed by atoms with Crippen molar-refractivity contribution < 1.29 is 19.1 Å². The molecule has 5 nitrogen and oxygen atoms in total. The van der Waals surface area contributed by atoms with E-state index in [1.165, 1.54) is 17.3 Å². The summed E-state index contributed by atoms with van der Waals surface area (Å²) >= 11 is 1.42. The van der Waals surface area contributed by atoms with Gasteiger partial charge in [0, 0.05) is 11.4 Å². The molecule has 0 aliphatic rings. The highest BCUT2D eigenvalue weighted by atomic mass is 32.2. The number of aryl methyl sites for hydroxylation is 2. The van der Waals surface area contributed by atoms with Crippen LogP contribution in [0.4, 0.5) is 0 Å². The predicted molar refractivity (Wildman–Crippen MR) is 107 cm³/mol. The zero-order chi connectivity index (χ0) is 19.6. The molecular weight excluding hydrogens is 362 g/mol. The summed E-state index contributed by atoms with van der Waals surface area (Å²) in [4.78, 5) is 24.7. The van der Waals surface area contributed by atoms with Crippen LogP contribution in [0.2, 0.25) is 0 Å². The van der Waals surface area contributed by atoms with Crippen molar-refractivity contribution in [2.45, 2.75) is 25.2 Å². The number of methoxy groups -OCH3 is 1. The van der Waals surface area contributed by atoms with Crippen LogP contribution >= 0.6 is 11.8 Å². The topological polar surface area (TPSA) is 64.6 Å². The smallest absolute Gasteiger partial charge is 0.316 e. The Bertz CT molecular complexity index is 774. The molecule has 0 fully saturated rings. The normalized spacial score (nSPS) is 10.3. The van der Waals surface area contributed by atoms with Crippen LogP contribution in [0, 0.1) is 13.8 Å². The van der Waals surface area contributed by atoms with Crippen molar-refractivity contribution in [3.05, 3.63) is 59.2 Å². The second-order valence-corrected chi connectivity index (χ2v) is 7.18. The van der Waals surface area contributed by atoms with Gasteiger partial charge >= 0.3 is 5.97 Å². The molecule has 0 bridgehead atoms. The summed E-state index contributed by atoms with van der Waals surface area (Å²) in [6.45, 7) is 4.27. The number of amides is 1. The molecule has 0 unspecified atom stereocenters. The molecule has 2 aromatic carbocycles. The standard InChI is InChI=1S/C21H25NO4S/c1-15-4-9-19(16(2)12-15)27-14-21(24)26-13-20(23)22-11-10-17-5-7-18(25-3)8-6-17/h4-9,12H,10-11,13-14H2,1-3H3,(H,22,23). The van der Waals surface area contributed by atoms with Crippen molar-refractivity contribution in [2.24, 2.45) is 0 Å². The fraction of sp³-hybridized carbons (Fsp3) is 0.333. The maximum Gasteiger partial charge on any atom is 0.316 e. The molecular formula is C21H25NO4S. The third kappa shape index (κ3) is 7.35. The van der Waals surface area contributed by atoms with Crippen molar-refractivity contribution in [1.29, 1.82) is 0 Å². The molecule has 0 aliphatic carbocycles. The van der Waals surface area contributed by atoms with Crippen molar-refractivity contribution >= 4 is 23.6 Å². The molecule has 6 heteroatoms. The highest BCUT2D eigenvalue weighted by molar-refractivity contribution is 8.00. The molecule has 27 heavy (non-hydrogen) atoms. The van der Waals surface area contributed by atoms with E-state index in [4.69, 9.17) is 9.47 Å². The average Bonchev–Trinajstić information content (AvgIpc) is 2.66. The fourth-order valence-electron chi connectivity index (χ4n) is 2.48. The number of esters is 1. The van der Waals surface area contributed by atoms with Gasteiger partial charge in [0.2, 0.25) is 0 Å². The van der Waals surface area contributed by atoms with Gasteiger partial charge < -0.3 is 14.8 Å². The Morgan fingerprint density at radius 1 is 1.07 bits per heavy atom. The van der Waals surface area contributed by atoms with Gasteiger partial charge in [0.25, 0.3) is 5.91 Å². The monoisotopic (exact) mass is 387 g/mol. The summed E-state index contributed by atoms with van der Waals surface area (Å²) in [7, 11) is 1.62. The van der Waals surface area contributed by atoms with E-state index in [9.17, 15) is 9.59 Å². The predicted octanol–water partition coefficient (Wildman–Crippen LogP) is 3.31. The van der Waals surface area contributed by atoms with Crippen LogP contribution in [0.5, 0.6) is 5.75 Å². The molecule has 0 saturated heterocycles. The number of thioether (sulfide) groups is 1. The van der Waals surface area contributed by atoms with Gasteiger partial charge in [0.05, 0.1) is 12.9 Å². The van der Waals surface area contributed by atoms with E-state index >= 15 is 0 Å². The van der Waals surface area contributed by atoms with Crippen LogP contribution in [-0.2, 0) is 20.7 Å². The Balaban J connectivity index is 1.63. The molecule has 0 spiro atoms. The molecule has 144 valence electrons. The van der Waals surface area contributed by atoms with Gasteiger partial charge in [0.15, 0.2) is 6.61 Å². The molecule has 1 N–H and O–H groups in total. The van der Waals surface area contributed by atoms with Crippen LogP contribution in [0.3, 0.4) is 0 Å². The van der Waals surface area contributed by atoms with E-state index in [-0.39, 0.29) is 18.3 Å². The Labute approximate surface area is 164 Å². The van der Waals surface area contributed by atoms with Crippen molar-refractivity contribution in [2.75, 3.05) is 26.0 Å². The first-order valence-corrected chi connectivity index (χ1v) is 9.72. The molecule has 0 aromatic heterocycles. The minimum atomic E-state index is -0.398. The lowest BCUT2D eigenvalue weighted by molar-refractivity contribution is -0.145. The summed E-state index contributed by atoms with van der Waals surface area (Å²) in [5.74, 6) is 0.287. The molecule has 0 radical (unpaired) electrons. The molecule has 0 atom stereocenters. The first kappa shape index (κ1) is 20.8. The van der Waals surface area contributed by atoms with Crippen LogP contribution in [0.15, 0.2) is 47.4 Å². The van der Waals surface area contributed by atoms with Gasteiger partial charge in [-0.1, -0.05) is 29.8 Å². The van der Waals surface area contributed by atoms with Crippen molar-refractivity contribution in [1.82, 2.24) is 5.32 Å². The van der Waals surface area contributed by atoms with E-state index in [2.05, 4.69) is 11.4 Å². The van der Waals surface area contributed by atoms with E-state index in [1.807, 2.05) is 50.2 Å². The Hall–Kier alpha value is -2.47. The number of rotatable bonds is 9. The maximum absolute atomic E-state index is 11.8. The third-order valence-electron chi connectivity index (χ3n) is 3.94. The first-order chi connectivity index (χ1) is 13.0. The second kappa shape index (κ2) is 10.6. The number of carbonyl (C=O) groups is 2. The molecule has 0 aliphatic heterocycles. The minimum Gasteiger partial charge on any atom is -0.497 e. The maximum atomic E-state index is 11.8. The molecule has 0 heterocycles. The second-order valence-electron chi connectivity index (χ2n) is 6.17. The lowest BCUT2D eigenvalue weighted by atomic mass is 10.1. The van der Waals surface area contributed by atoms with E-state index in [0.29, 0.717) is 13.0 Å². The summed E-state index contributed by atoms with van der Waals surface area (Å²) < 4.78 is 10.1. The number of ether oxygens (including phenoxy) is 2. The number of hydrogen-bond acceptors (Lipinski definition) is 5. The third-order valence-corrected chi connectivity index (χ3v) is 5.08. The summed E-state index contributed by atoms with van der Waals surface area (Å²) in [6.07, 6.45) is 0.701.